The van der Waals surface area contributed by atoms with Gasteiger partial charge in [0.05, 0.1) is 7.11 Å². The Morgan fingerprint density at radius 3 is 2.67 bits per heavy atom. The van der Waals surface area contributed by atoms with Crippen LogP contribution in [0.2, 0.25) is 0 Å². The summed E-state index contributed by atoms with van der Waals surface area (Å²) < 4.78 is 5.21. The molecule has 0 spiro atoms. The molecule has 0 aliphatic rings. The first kappa shape index (κ1) is 12.1. The second-order valence-corrected chi connectivity index (χ2v) is 3.97. The van der Waals surface area contributed by atoms with Crippen LogP contribution in [0.4, 0.5) is 0 Å². The average Bonchev–Trinajstić information content (AvgIpc) is 2.28. The molecule has 1 aromatic rings. The van der Waals surface area contributed by atoms with Gasteiger partial charge in [-0.2, -0.15) is 0 Å². The Morgan fingerprint density at radius 2 is 2.07 bits per heavy atom. The van der Waals surface area contributed by atoms with Crippen LogP contribution in [0.25, 0.3) is 0 Å². The molecular weight excluding hydrogens is 186 g/mol. The lowest BCUT2D eigenvalue weighted by molar-refractivity contribution is 0.412. The Balaban J connectivity index is 2.68. The first-order valence-corrected chi connectivity index (χ1v) is 5.57. The summed E-state index contributed by atoms with van der Waals surface area (Å²) >= 11 is 0. The zero-order valence-corrected chi connectivity index (χ0v) is 10.1. The second-order valence-electron chi connectivity index (χ2n) is 3.97. The lowest BCUT2D eigenvalue weighted by Crippen LogP contribution is -2.28. The first-order chi connectivity index (χ1) is 7.17. The van der Waals surface area contributed by atoms with Crippen LogP contribution in [-0.4, -0.2) is 13.2 Å². The number of hydrogen-bond donors (Lipinski definition) is 1. The molecule has 0 saturated heterocycles. The van der Waals surface area contributed by atoms with E-state index in [0.717, 1.165) is 12.2 Å². The van der Waals surface area contributed by atoms with Gasteiger partial charge in [-0.1, -0.05) is 19.1 Å². The molecule has 0 fully saturated rings. The van der Waals surface area contributed by atoms with E-state index >= 15 is 0 Å². The van der Waals surface area contributed by atoms with Crippen molar-refractivity contribution < 1.29 is 4.74 Å². The first-order valence-electron chi connectivity index (χ1n) is 5.57. The molecule has 0 bridgehead atoms. The third kappa shape index (κ3) is 3.56. The Bertz CT molecular complexity index is 298. The van der Waals surface area contributed by atoms with Gasteiger partial charge in [0.2, 0.25) is 0 Å². The monoisotopic (exact) mass is 207 g/mol. The SMILES string of the molecule is CC[C@@H](C)N[C@@H](C)c1cccc(OC)c1. The fourth-order valence-electron chi connectivity index (χ4n) is 1.55. The van der Waals surface area contributed by atoms with E-state index in [-0.39, 0.29) is 0 Å². The molecule has 0 aliphatic carbocycles. The van der Waals surface area contributed by atoms with Crippen molar-refractivity contribution >= 4 is 0 Å². The lowest BCUT2D eigenvalue weighted by atomic mass is 10.1. The minimum atomic E-state index is 0.370. The summed E-state index contributed by atoms with van der Waals surface area (Å²) in [4.78, 5) is 0. The van der Waals surface area contributed by atoms with Crippen molar-refractivity contribution in [2.75, 3.05) is 7.11 Å². The maximum atomic E-state index is 5.21. The van der Waals surface area contributed by atoms with Crippen molar-refractivity contribution in [3.05, 3.63) is 29.8 Å². The molecule has 0 unspecified atom stereocenters. The number of hydrogen-bond acceptors (Lipinski definition) is 2. The molecule has 0 radical (unpaired) electrons. The van der Waals surface area contributed by atoms with E-state index < -0.39 is 0 Å². The lowest BCUT2D eigenvalue weighted by Gasteiger charge is -2.19. The van der Waals surface area contributed by atoms with Gasteiger partial charge in [0.1, 0.15) is 5.75 Å². The molecule has 2 heteroatoms. The minimum absolute atomic E-state index is 0.370. The van der Waals surface area contributed by atoms with Gasteiger partial charge in [0.15, 0.2) is 0 Å². The van der Waals surface area contributed by atoms with Crippen molar-refractivity contribution in [2.24, 2.45) is 0 Å². The van der Waals surface area contributed by atoms with E-state index in [4.69, 9.17) is 4.74 Å². The van der Waals surface area contributed by atoms with Crippen molar-refractivity contribution in [1.29, 1.82) is 0 Å². The van der Waals surface area contributed by atoms with E-state index in [1.807, 2.05) is 12.1 Å². The molecule has 0 aliphatic heterocycles. The number of methoxy groups -OCH3 is 1. The van der Waals surface area contributed by atoms with Gasteiger partial charge in [-0.3, -0.25) is 0 Å². The standard InChI is InChI=1S/C13H21NO/c1-5-10(2)14-11(3)12-7-6-8-13(9-12)15-4/h6-11,14H,5H2,1-4H3/t10-,11+/m1/s1. The molecular formula is C13H21NO. The number of benzene rings is 1. The maximum absolute atomic E-state index is 5.21. The van der Waals surface area contributed by atoms with Crippen LogP contribution in [0.5, 0.6) is 5.75 Å². The van der Waals surface area contributed by atoms with Crippen LogP contribution in [0.15, 0.2) is 24.3 Å². The summed E-state index contributed by atoms with van der Waals surface area (Å²) in [5.41, 5.74) is 1.27. The largest absolute Gasteiger partial charge is 0.497 e. The van der Waals surface area contributed by atoms with Gasteiger partial charge < -0.3 is 10.1 Å². The van der Waals surface area contributed by atoms with Crippen LogP contribution in [0.3, 0.4) is 0 Å². The summed E-state index contributed by atoms with van der Waals surface area (Å²) in [6, 6.07) is 9.13. The summed E-state index contributed by atoms with van der Waals surface area (Å²) in [5, 5.41) is 3.54. The van der Waals surface area contributed by atoms with Gasteiger partial charge in [-0.05, 0) is 38.0 Å². The van der Waals surface area contributed by atoms with Gasteiger partial charge in [-0.15, -0.1) is 0 Å². The normalized spacial score (nSPS) is 14.7. The highest BCUT2D eigenvalue weighted by molar-refractivity contribution is 5.30. The topological polar surface area (TPSA) is 21.3 Å². The molecule has 84 valence electrons. The Morgan fingerprint density at radius 1 is 1.33 bits per heavy atom. The molecule has 15 heavy (non-hydrogen) atoms. The van der Waals surface area contributed by atoms with Crippen molar-refractivity contribution in [3.8, 4) is 5.75 Å². The number of rotatable bonds is 5. The molecule has 0 saturated carbocycles. The highest BCUT2D eigenvalue weighted by Crippen LogP contribution is 2.19. The zero-order valence-electron chi connectivity index (χ0n) is 10.1. The van der Waals surface area contributed by atoms with Crippen LogP contribution in [0, 0.1) is 0 Å². The highest BCUT2D eigenvalue weighted by Gasteiger charge is 2.08. The van der Waals surface area contributed by atoms with Crippen LogP contribution >= 0.6 is 0 Å². The molecule has 1 rings (SSSR count). The van der Waals surface area contributed by atoms with E-state index in [1.54, 1.807) is 7.11 Å². The predicted molar refractivity (Wildman–Crippen MR) is 64.3 cm³/mol. The fourth-order valence-corrected chi connectivity index (χ4v) is 1.55. The molecule has 1 N–H and O–H groups in total. The van der Waals surface area contributed by atoms with Crippen LogP contribution in [0.1, 0.15) is 38.8 Å². The molecule has 1 aromatic carbocycles. The number of nitrogens with one attached hydrogen (secondary N) is 1. The van der Waals surface area contributed by atoms with Crippen molar-refractivity contribution in [1.82, 2.24) is 5.32 Å². The van der Waals surface area contributed by atoms with Crippen LogP contribution < -0.4 is 10.1 Å². The van der Waals surface area contributed by atoms with E-state index in [2.05, 4.69) is 38.2 Å². The van der Waals surface area contributed by atoms with Crippen LogP contribution in [-0.2, 0) is 0 Å². The summed E-state index contributed by atoms with van der Waals surface area (Å²) in [6.45, 7) is 6.58. The fraction of sp³-hybridized carbons (Fsp3) is 0.538. The van der Waals surface area contributed by atoms with E-state index in [9.17, 15) is 0 Å². The Labute approximate surface area is 92.6 Å². The maximum Gasteiger partial charge on any atom is 0.119 e. The minimum Gasteiger partial charge on any atom is -0.497 e. The van der Waals surface area contributed by atoms with Gasteiger partial charge in [0, 0.05) is 12.1 Å². The summed E-state index contributed by atoms with van der Waals surface area (Å²) in [6.07, 6.45) is 1.15. The van der Waals surface area contributed by atoms with Crippen molar-refractivity contribution in [3.63, 3.8) is 0 Å². The van der Waals surface area contributed by atoms with Gasteiger partial charge in [-0.25, -0.2) is 0 Å². The van der Waals surface area contributed by atoms with Crippen molar-refractivity contribution in [2.45, 2.75) is 39.3 Å². The molecule has 2 atom stereocenters. The third-order valence-corrected chi connectivity index (χ3v) is 2.74. The smallest absolute Gasteiger partial charge is 0.119 e. The highest BCUT2D eigenvalue weighted by atomic mass is 16.5. The average molecular weight is 207 g/mol. The predicted octanol–water partition coefficient (Wildman–Crippen LogP) is 3.14. The Hall–Kier alpha value is -1.02. The zero-order chi connectivity index (χ0) is 11.3. The van der Waals surface area contributed by atoms with Gasteiger partial charge >= 0.3 is 0 Å². The molecule has 2 nitrogen and oxygen atoms in total. The third-order valence-electron chi connectivity index (χ3n) is 2.74. The molecule has 0 aromatic heterocycles. The van der Waals surface area contributed by atoms with E-state index in [1.165, 1.54) is 5.56 Å². The molecule has 0 amide bonds. The Kier molecular flexibility index (Phi) is 4.63. The quantitative estimate of drug-likeness (QED) is 0.801. The summed E-state index contributed by atoms with van der Waals surface area (Å²) in [5.74, 6) is 0.922. The second kappa shape index (κ2) is 5.76. The summed E-state index contributed by atoms with van der Waals surface area (Å²) in [7, 11) is 1.70. The molecule has 0 heterocycles. The van der Waals surface area contributed by atoms with E-state index in [0.29, 0.717) is 12.1 Å². The van der Waals surface area contributed by atoms with Gasteiger partial charge in [0.25, 0.3) is 0 Å². The number of ether oxygens (including phenoxy) is 1.